The molecule has 0 saturated heterocycles. The Morgan fingerprint density at radius 1 is 1.58 bits per heavy atom. The highest BCUT2D eigenvalue weighted by molar-refractivity contribution is 5.06. The van der Waals surface area contributed by atoms with Crippen LogP contribution in [0.4, 0.5) is 0 Å². The molecule has 0 saturated carbocycles. The van der Waals surface area contributed by atoms with Crippen molar-refractivity contribution in [3.05, 3.63) is 24.2 Å². The minimum absolute atomic E-state index is 0.277. The zero-order valence-electron chi connectivity index (χ0n) is 7.49. The average Bonchev–Trinajstić information content (AvgIpc) is 2.56. The van der Waals surface area contributed by atoms with Crippen LogP contribution in [0.2, 0.25) is 0 Å². The predicted octanol–water partition coefficient (Wildman–Crippen LogP) is 2.23. The van der Waals surface area contributed by atoms with Gasteiger partial charge in [-0.3, -0.25) is 0 Å². The van der Waals surface area contributed by atoms with Crippen LogP contribution in [0.1, 0.15) is 25.3 Å². The molecule has 2 nitrogen and oxygen atoms in total. The van der Waals surface area contributed by atoms with Gasteiger partial charge in [-0.15, -0.1) is 0 Å². The lowest BCUT2D eigenvalue weighted by atomic mass is 9.98. The van der Waals surface area contributed by atoms with Crippen LogP contribution in [0.3, 0.4) is 0 Å². The molecule has 1 N–H and O–H groups in total. The van der Waals surface area contributed by atoms with Crippen LogP contribution in [-0.4, -0.2) is 11.7 Å². The Morgan fingerprint density at radius 2 is 2.42 bits per heavy atom. The molecule has 0 radical (unpaired) electrons. The molecule has 0 aliphatic carbocycles. The van der Waals surface area contributed by atoms with Gasteiger partial charge in [0.1, 0.15) is 0 Å². The third-order valence-electron chi connectivity index (χ3n) is 2.06. The summed E-state index contributed by atoms with van der Waals surface area (Å²) in [7, 11) is 0. The predicted molar refractivity (Wildman–Crippen MR) is 47.9 cm³/mol. The Bertz CT molecular complexity index is 192. The number of hydrogen-bond acceptors (Lipinski definition) is 2. The molecule has 68 valence electrons. The molecule has 0 spiro atoms. The average molecular weight is 168 g/mol. The lowest BCUT2D eigenvalue weighted by molar-refractivity contribution is 0.217. The van der Waals surface area contributed by atoms with Crippen LogP contribution < -0.4 is 0 Å². The zero-order valence-corrected chi connectivity index (χ0v) is 7.49. The van der Waals surface area contributed by atoms with Crippen LogP contribution in [0, 0.1) is 5.92 Å². The molecule has 1 unspecified atom stereocenters. The van der Waals surface area contributed by atoms with E-state index >= 15 is 0 Å². The van der Waals surface area contributed by atoms with E-state index in [0.29, 0.717) is 5.92 Å². The molecule has 1 heterocycles. The minimum Gasteiger partial charge on any atom is -0.472 e. The topological polar surface area (TPSA) is 33.4 Å². The van der Waals surface area contributed by atoms with Crippen molar-refractivity contribution in [3.8, 4) is 0 Å². The summed E-state index contributed by atoms with van der Waals surface area (Å²) < 4.78 is 4.96. The first-order valence-corrected chi connectivity index (χ1v) is 4.48. The van der Waals surface area contributed by atoms with Crippen molar-refractivity contribution in [2.24, 2.45) is 5.92 Å². The highest BCUT2D eigenvalue weighted by Gasteiger charge is 2.07. The Labute approximate surface area is 73.2 Å². The number of furan rings is 1. The number of hydrogen-bond donors (Lipinski definition) is 1. The molecule has 1 aromatic rings. The van der Waals surface area contributed by atoms with E-state index in [1.807, 2.05) is 6.07 Å². The first kappa shape index (κ1) is 9.33. The van der Waals surface area contributed by atoms with Crippen molar-refractivity contribution in [2.45, 2.75) is 26.2 Å². The van der Waals surface area contributed by atoms with E-state index in [-0.39, 0.29) is 6.61 Å². The summed E-state index contributed by atoms with van der Waals surface area (Å²) in [6, 6.07) is 1.96. The second-order valence-electron chi connectivity index (χ2n) is 3.17. The summed E-state index contributed by atoms with van der Waals surface area (Å²) in [6.45, 7) is 2.41. The van der Waals surface area contributed by atoms with Crippen LogP contribution in [-0.2, 0) is 6.42 Å². The second-order valence-corrected chi connectivity index (χ2v) is 3.17. The normalized spacial score (nSPS) is 13.2. The van der Waals surface area contributed by atoms with Crippen molar-refractivity contribution in [1.82, 2.24) is 0 Å². The van der Waals surface area contributed by atoms with Gasteiger partial charge in [0.25, 0.3) is 0 Å². The molecular formula is C10H16O2. The smallest absolute Gasteiger partial charge is 0.0934 e. The Morgan fingerprint density at radius 3 is 2.92 bits per heavy atom. The molecule has 1 atom stereocenters. The van der Waals surface area contributed by atoms with E-state index in [4.69, 9.17) is 9.52 Å². The maximum atomic E-state index is 9.03. The maximum Gasteiger partial charge on any atom is 0.0934 e. The van der Waals surface area contributed by atoms with E-state index in [2.05, 4.69) is 6.92 Å². The van der Waals surface area contributed by atoms with Gasteiger partial charge in [-0.05, 0) is 30.4 Å². The quantitative estimate of drug-likeness (QED) is 0.731. The summed E-state index contributed by atoms with van der Waals surface area (Å²) >= 11 is 0. The fourth-order valence-corrected chi connectivity index (χ4v) is 1.41. The fourth-order valence-electron chi connectivity index (χ4n) is 1.41. The van der Waals surface area contributed by atoms with Crippen molar-refractivity contribution < 1.29 is 9.52 Å². The summed E-state index contributed by atoms with van der Waals surface area (Å²) in [5, 5.41) is 9.03. The number of aliphatic hydroxyl groups is 1. The Kier molecular flexibility index (Phi) is 3.88. The largest absolute Gasteiger partial charge is 0.472 e. The molecule has 0 bridgehead atoms. The van der Waals surface area contributed by atoms with Crippen LogP contribution in [0.15, 0.2) is 23.0 Å². The summed E-state index contributed by atoms with van der Waals surface area (Å²) in [5.74, 6) is 0.396. The fraction of sp³-hybridized carbons (Fsp3) is 0.600. The summed E-state index contributed by atoms with van der Waals surface area (Å²) in [5.41, 5.74) is 1.18. The summed E-state index contributed by atoms with van der Waals surface area (Å²) in [6.07, 6.45) is 6.57. The molecule has 0 fully saturated rings. The number of rotatable bonds is 5. The van der Waals surface area contributed by atoms with Crippen LogP contribution in [0.5, 0.6) is 0 Å². The van der Waals surface area contributed by atoms with Gasteiger partial charge in [-0.1, -0.05) is 13.3 Å². The van der Waals surface area contributed by atoms with Gasteiger partial charge in [-0.2, -0.15) is 0 Å². The second kappa shape index (κ2) is 4.99. The van der Waals surface area contributed by atoms with Crippen LogP contribution in [0.25, 0.3) is 0 Å². The first-order chi connectivity index (χ1) is 5.86. The van der Waals surface area contributed by atoms with Gasteiger partial charge in [0.15, 0.2) is 0 Å². The van der Waals surface area contributed by atoms with Crippen molar-refractivity contribution in [1.29, 1.82) is 0 Å². The molecule has 0 aliphatic heterocycles. The van der Waals surface area contributed by atoms with Crippen molar-refractivity contribution in [3.63, 3.8) is 0 Å². The third-order valence-corrected chi connectivity index (χ3v) is 2.06. The molecule has 1 rings (SSSR count). The SMILES string of the molecule is CCCC(CO)Cc1ccoc1. The molecule has 1 aromatic heterocycles. The Hall–Kier alpha value is -0.760. The molecule has 0 amide bonds. The summed E-state index contributed by atoms with van der Waals surface area (Å²) in [4.78, 5) is 0. The van der Waals surface area contributed by atoms with Gasteiger partial charge in [0, 0.05) is 6.61 Å². The lowest BCUT2D eigenvalue weighted by Crippen LogP contribution is -2.08. The van der Waals surface area contributed by atoms with E-state index in [1.165, 1.54) is 5.56 Å². The van der Waals surface area contributed by atoms with E-state index in [0.717, 1.165) is 19.3 Å². The van der Waals surface area contributed by atoms with Crippen LogP contribution >= 0.6 is 0 Å². The molecule has 2 heteroatoms. The molecule has 0 aromatic carbocycles. The van der Waals surface area contributed by atoms with Gasteiger partial charge in [0.05, 0.1) is 12.5 Å². The van der Waals surface area contributed by atoms with Gasteiger partial charge < -0.3 is 9.52 Å². The number of aliphatic hydroxyl groups excluding tert-OH is 1. The monoisotopic (exact) mass is 168 g/mol. The van der Waals surface area contributed by atoms with E-state index in [1.54, 1.807) is 12.5 Å². The van der Waals surface area contributed by atoms with E-state index < -0.39 is 0 Å². The van der Waals surface area contributed by atoms with Crippen molar-refractivity contribution >= 4 is 0 Å². The molecular weight excluding hydrogens is 152 g/mol. The minimum atomic E-state index is 0.277. The first-order valence-electron chi connectivity index (χ1n) is 4.48. The van der Waals surface area contributed by atoms with Gasteiger partial charge >= 0.3 is 0 Å². The Balaban J connectivity index is 2.37. The molecule has 12 heavy (non-hydrogen) atoms. The standard InChI is InChI=1S/C10H16O2/c1-2-3-9(7-11)6-10-4-5-12-8-10/h4-5,8-9,11H,2-3,6-7H2,1H3. The highest BCUT2D eigenvalue weighted by Crippen LogP contribution is 2.13. The van der Waals surface area contributed by atoms with Gasteiger partial charge in [0.2, 0.25) is 0 Å². The van der Waals surface area contributed by atoms with Crippen molar-refractivity contribution in [2.75, 3.05) is 6.61 Å². The maximum absolute atomic E-state index is 9.03. The van der Waals surface area contributed by atoms with Gasteiger partial charge in [-0.25, -0.2) is 0 Å². The zero-order chi connectivity index (χ0) is 8.81. The molecule has 0 aliphatic rings. The third kappa shape index (κ3) is 2.70. The van der Waals surface area contributed by atoms with E-state index in [9.17, 15) is 0 Å². The lowest BCUT2D eigenvalue weighted by Gasteiger charge is -2.10. The highest BCUT2D eigenvalue weighted by atomic mass is 16.3.